The minimum Gasteiger partial charge on any atom is -0.481 e. The average molecular weight is 344 g/mol. The van der Waals surface area contributed by atoms with E-state index in [2.05, 4.69) is 5.32 Å². The first-order valence-electron chi connectivity index (χ1n) is 7.06. The van der Waals surface area contributed by atoms with Gasteiger partial charge in [-0.1, -0.05) is 37.0 Å². The molecule has 4 unspecified atom stereocenters. The number of carbonyl (C=O) groups excluding carboxylic acids is 1. The van der Waals surface area contributed by atoms with Crippen LogP contribution in [0.15, 0.2) is 18.2 Å². The average Bonchev–Trinajstić information content (AvgIpc) is 2.42. The molecule has 2 N–H and O–H groups in total. The van der Waals surface area contributed by atoms with Crippen LogP contribution in [0.3, 0.4) is 0 Å². The van der Waals surface area contributed by atoms with E-state index in [9.17, 15) is 14.7 Å². The molecule has 0 aromatic heterocycles. The van der Waals surface area contributed by atoms with Crippen LogP contribution in [0, 0.1) is 22.7 Å². The molecule has 4 atom stereocenters. The van der Waals surface area contributed by atoms with Crippen LogP contribution in [0.5, 0.6) is 0 Å². The number of carboxylic acid groups (broad SMARTS) is 1. The van der Waals surface area contributed by atoms with E-state index in [1.807, 2.05) is 13.8 Å². The highest BCUT2D eigenvalue weighted by Crippen LogP contribution is 2.64. The molecule has 0 aliphatic heterocycles. The van der Waals surface area contributed by atoms with Crippen molar-refractivity contribution in [1.82, 2.24) is 0 Å². The summed E-state index contributed by atoms with van der Waals surface area (Å²) in [5.74, 6) is -1.44. The van der Waals surface area contributed by atoms with Gasteiger partial charge in [0.25, 0.3) is 0 Å². The van der Waals surface area contributed by atoms with Gasteiger partial charge < -0.3 is 10.4 Å². The lowest BCUT2D eigenvalue weighted by Gasteiger charge is -2.61. The number of aliphatic carboxylic acids is 1. The largest absolute Gasteiger partial charge is 0.481 e. The molecular formula is C16H19Cl2NO3. The Kier molecular flexibility index (Phi) is 4.22. The normalized spacial score (nSPS) is 33.9. The fourth-order valence-electron chi connectivity index (χ4n) is 3.60. The van der Waals surface area contributed by atoms with Crippen LogP contribution in [0.2, 0.25) is 10.0 Å². The lowest BCUT2D eigenvalue weighted by Crippen LogP contribution is -2.68. The number of halogens is 2. The number of carbonyl (C=O) groups is 2. The minimum absolute atomic E-state index is 0.0525. The molecule has 22 heavy (non-hydrogen) atoms. The Hall–Kier alpha value is -1.26. The number of hydrogen-bond donors (Lipinski definition) is 2. The number of carboxylic acids is 1. The van der Waals surface area contributed by atoms with Crippen molar-refractivity contribution in [3.8, 4) is 0 Å². The van der Waals surface area contributed by atoms with E-state index in [0.29, 0.717) is 15.7 Å². The summed E-state index contributed by atoms with van der Waals surface area (Å²) in [5, 5.41) is 13.2. The molecular weight excluding hydrogens is 325 g/mol. The first kappa shape index (κ1) is 17.1. The van der Waals surface area contributed by atoms with E-state index in [1.54, 1.807) is 32.0 Å². The number of hydrogen-bond acceptors (Lipinski definition) is 2. The Bertz CT molecular complexity index is 628. The third-order valence-electron chi connectivity index (χ3n) is 5.69. The van der Waals surface area contributed by atoms with Gasteiger partial charge in [0.1, 0.15) is 0 Å². The SMILES string of the molecule is CC1C(C)C(C)(C(=O)Nc2cc(Cl)cc(Cl)c2)C1(C)C(=O)O. The number of anilines is 1. The lowest BCUT2D eigenvalue weighted by atomic mass is 9.39. The van der Waals surface area contributed by atoms with Crippen molar-refractivity contribution in [1.29, 1.82) is 0 Å². The second-order valence-corrected chi connectivity index (χ2v) is 7.27. The van der Waals surface area contributed by atoms with Gasteiger partial charge in [-0.05, 0) is 43.9 Å². The first-order valence-corrected chi connectivity index (χ1v) is 7.81. The van der Waals surface area contributed by atoms with Crippen LogP contribution in [-0.2, 0) is 9.59 Å². The number of rotatable bonds is 3. The highest BCUT2D eigenvalue weighted by Gasteiger charge is 2.71. The maximum atomic E-state index is 12.8. The van der Waals surface area contributed by atoms with E-state index < -0.39 is 16.8 Å². The third-order valence-corrected chi connectivity index (χ3v) is 6.12. The molecule has 1 aliphatic carbocycles. The fraction of sp³-hybridized carbons (Fsp3) is 0.500. The third kappa shape index (κ3) is 2.20. The van der Waals surface area contributed by atoms with E-state index >= 15 is 0 Å². The molecule has 0 saturated heterocycles. The molecule has 4 nitrogen and oxygen atoms in total. The molecule has 0 radical (unpaired) electrons. The summed E-state index contributed by atoms with van der Waals surface area (Å²) in [7, 11) is 0. The fourth-order valence-corrected chi connectivity index (χ4v) is 4.12. The summed E-state index contributed by atoms with van der Waals surface area (Å²) in [6, 6.07) is 4.73. The summed E-state index contributed by atoms with van der Waals surface area (Å²) in [4.78, 5) is 24.5. The van der Waals surface area contributed by atoms with Crippen LogP contribution >= 0.6 is 23.2 Å². The molecule has 0 bridgehead atoms. The van der Waals surface area contributed by atoms with E-state index in [0.717, 1.165) is 0 Å². The molecule has 1 saturated carbocycles. The van der Waals surface area contributed by atoms with Crippen molar-refractivity contribution in [3.63, 3.8) is 0 Å². The molecule has 1 aromatic carbocycles. The number of benzene rings is 1. The van der Waals surface area contributed by atoms with Gasteiger partial charge in [0.15, 0.2) is 0 Å². The Morgan fingerprint density at radius 2 is 1.50 bits per heavy atom. The van der Waals surface area contributed by atoms with Crippen molar-refractivity contribution in [3.05, 3.63) is 28.2 Å². The Labute approximate surface area is 139 Å². The molecule has 0 heterocycles. The smallest absolute Gasteiger partial charge is 0.310 e. The molecule has 0 spiro atoms. The molecule has 1 aliphatic rings. The summed E-state index contributed by atoms with van der Waals surface area (Å²) in [6.45, 7) is 7.10. The molecule has 1 amide bonds. The minimum atomic E-state index is -1.11. The summed E-state index contributed by atoms with van der Waals surface area (Å²) in [5.41, 5.74) is -1.66. The Morgan fingerprint density at radius 3 is 1.95 bits per heavy atom. The van der Waals surface area contributed by atoms with E-state index in [4.69, 9.17) is 23.2 Å². The first-order chi connectivity index (χ1) is 10.0. The molecule has 120 valence electrons. The van der Waals surface area contributed by atoms with Crippen LogP contribution in [-0.4, -0.2) is 17.0 Å². The summed E-state index contributed by atoms with van der Waals surface area (Å²) < 4.78 is 0. The van der Waals surface area contributed by atoms with Gasteiger partial charge in [-0.25, -0.2) is 0 Å². The summed E-state index contributed by atoms with van der Waals surface area (Å²) >= 11 is 11.8. The number of nitrogens with one attached hydrogen (secondary N) is 1. The second kappa shape index (κ2) is 5.43. The molecule has 1 fully saturated rings. The van der Waals surface area contributed by atoms with Gasteiger partial charge in [0.2, 0.25) is 5.91 Å². The predicted octanol–water partition coefficient (Wildman–Crippen LogP) is 4.31. The second-order valence-electron chi connectivity index (χ2n) is 6.40. The highest BCUT2D eigenvalue weighted by molar-refractivity contribution is 6.35. The van der Waals surface area contributed by atoms with Gasteiger partial charge in [-0.15, -0.1) is 0 Å². The topological polar surface area (TPSA) is 66.4 Å². The number of amides is 1. The van der Waals surface area contributed by atoms with Crippen LogP contribution in [0.25, 0.3) is 0 Å². The zero-order chi connectivity index (χ0) is 16.9. The Balaban J connectivity index is 2.33. The lowest BCUT2D eigenvalue weighted by molar-refractivity contribution is -0.205. The zero-order valence-electron chi connectivity index (χ0n) is 12.9. The van der Waals surface area contributed by atoms with E-state index in [1.165, 1.54) is 0 Å². The van der Waals surface area contributed by atoms with Crippen molar-refractivity contribution < 1.29 is 14.7 Å². The van der Waals surface area contributed by atoms with Gasteiger partial charge in [-0.3, -0.25) is 9.59 Å². The quantitative estimate of drug-likeness (QED) is 0.858. The van der Waals surface area contributed by atoms with Crippen LogP contribution in [0.4, 0.5) is 5.69 Å². The molecule has 6 heteroatoms. The molecule has 1 aromatic rings. The monoisotopic (exact) mass is 343 g/mol. The van der Waals surface area contributed by atoms with Crippen molar-refractivity contribution >= 4 is 40.8 Å². The highest BCUT2D eigenvalue weighted by atomic mass is 35.5. The predicted molar refractivity (Wildman–Crippen MR) is 87.3 cm³/mol. The standard InChI is InChI=1S/C16H19Cl2NO3/c1-8-9(2)16(4,14(21)22)15(8,3)13(20)19-12-6-10(17)5-11(18)7-12/h5-9H,1-4H3,(H,19,20)(H,21,22). The van der Waals surface area contributed by atoms with E-state index in [-0.39, 0.29) is 17.7 Å². The van der Waals surface area contributed by atoms with Gasteiger partial charge in [-0.2, -0.15) is 0 Å². The Morgan fingerprint density at radius 1 is 1.05 bits per heavy atom. The van der Waals surface area contributed by atoms with Gasteiger partial charge >= 0.3 is 5.97 Å². The van der Waals surface area contributed by atoms with Crippen molar-refractivity contribution in [2.45, 2.75) is 27.7 Å². The van der Waals surface area contributed by atoms with Crippen molar-refractivity contribution in [2.24, 2.45) is 22.7 Å². The summed E-state index contributed by atoms with van der Waals surface area (Å²) in [6.07, 6.45) is 0. The van der Waals surface area contributed by atoms with Gasteiger partial charge in [0.05, 0.1) is 10.8 Å². The van der Waals surface area contributed by atoms with Crippen molar-refractivity contribution in [2.75, 3.05) is 5.32 Å². The van der Waals surface area contributed by atoms with Gasteiger partial charge in [0, 0.05) is 15.7 Å². The zero-order valence-corrected chi connectivity index (χ0v) is 14.4. The van der Waals surface area contributed by atoms with Crippen LogP contribution in [0.1, 0.15) is 27.7 Å². The van der Waals surface area contributed by atoms with Crippen LogP contribution < -0.4 is 5.32 Å². The maximum Gasteiger partial charge on any atom is 0.310 e. The molecule has 2 rings (SSSR count). The maximum absolute atomic E-state index is 12.8.